The fourth-order valence-corrected chi connectivity index (χ4v) is 4.71. The number of halogens is 3. The lowest BCUT2D eigenvalue weighted by molar-refractivity contribution is -0.137. The molecule has 0 bridgehead atoms. The standard InChI is InChI=1S/C26H30F3NO3S/c1-5-20-23(34-24(30-20)17-6-9-19(10-7-17)26(27,28)29)13-11-21(32)18-8-12-22(16(2)14-18)33-25(3,4)15-31/h6-10,12,14,21,31-32H,5,11,13,15H2,1-4H3. The lowest BCUT2D eigenvalue weighted by atomic mass is 10.0. The highest BCUT2D eigenvalue weighted by Gasteiger charge is 2.30. The smallest absolute Gasteiger partial charge is 0.416 e. The molecule has 0 saturated carbocycles. The van der Waals surface area contributed by atoms with Gasteiger partial charge in [-0.15, -0.1) is 11.3 Å². The first kappa shape index (κ1) is 26.2. The highest BCUT2D eigenvalue weighted by Crippen LogP contribution is 2.34. The summed E-state index contributed by atoms with van der Waals surface area (Å²) in [5.41, 5.74) is 1.82. The summed E-state index contributed by atoms with van der Waals surface area (Å²) >= 11 is 1.46. The third-order valence-electron chi connectivity index (χ3n) is 5.57. The second kappa shape index (κ2) is 10.5. The number of aliphatic hydroxyl groups is 2. The molecule has 0 amide bonds. The molecule has 0 aliphatic carbocycles. The van der Waals surface area contributed by atoms with E-state index in [4.69, 9.17) is 4.74 Å². The van der Waals surface area contributed by atoms with Gasteiger partial charge in [0.2, 0.25) is 0 Å². The number of rotatable bonds is 9. The number of aryl methyl sites for hydroxylation is 3. The normalized spacial score (nSPS) is 13.2. The van der Waals surface area contributed by atoms with Crippen LogP contribution in [0.1, 0.15) is 60.6 Å². The number of benzene rings is 2. The van der Waals surface area contributed by atoms with Crippen LogP contribution < -0.4 is 4.74 Å². The molecule has 0 saturated heterocycles. The van der Waals surface area contributed by atoms with Gasteiger partial charge in [0.05, 0.1) is 24.0 Å². The van der Waals surface area contributed by atoms with E-state index in [1.165, 1.54) is 23.5 Å². The van der Waals surface area contributed by atoms with E-state index in [1.54, 1.807) is 19.9 Å². The molecular weight excluding hydrogens is 463 g/mol. The minimum atomic E-state index is -4.37. The minimum Gasteiger partial charge on any atom is -0.485 e. The highest BCUT2D eigenvalue weighted by atomic mass is 32.1. The minimum absolute atomic E-state index is 0.111. The maximum absolute atomic E-state index is 12.8. The van der Waals surface area contributed by atoms with Crippen molar-refractivity contribution in [3.8, 4) is 16.3 Å². The molecule has 8 heteroatoms. The maximum Gasteiger partial charge on any atom is 0.416 e. The molecule has 0 fully saturated rings. The Morgan fingerprint density at radius 3 is 2.32 bits per heavy atom. The highest BCUT2D eigenvalue weighted by molar-refractivity contribution is 7.15. The molecule has 184 valence electrons. The number of alkyl halides is 3. The average Bonchev–Trinajstić information content (AvgIpc) is 3.21. The first-order valence-electron chi connectivity index (χ1n) is 11.2. The largest absolute Gasteiger partial charge is 0.485 e. The van der Waals surface area contributed by atoms with Crippen molar-refractivity contribution < 1.29 is 28.1 Å². The van der Waals surface area contributed by atoms with E-state index >= 15 is 0 Å². The average molecular weight is 494 g/mol. The number of hydrogen-bond acceptors (Lipinski definition) is 5. The van der Waals surface area contributed by atoms with Crippen LogP contribution >= 0.6 is 11.3 Å². The first-order valence-corrected chi connectivity index (χ1v) is 12.0. The molecule has 0 spiro atoms. The molecule has 1 heterocycles. The first-order chi connectivity index (χ1) is 15.9. The molecule has 0 aliphatic heterocycles. The van der Waals surface area contributed by atoms with Crippen LogP contribution in [0.3, 0.4) is 0 Å². The summed E-state index contributed by atoms with van der Waals surface area (Å²) in [5.74, 6) is 0.659. The lowest BCUT2D eigenvalue weighted by Crippen LogP contribution is -2.32. The van der Waals surface area contributed by atoms with E-state index < -0.39 is 23.4 Å². The molecule has 2 N–H and O–H groups in total. The number of aromatic nitrogens is 1. The van der Waals surface area contributed by atoms with Crippen molar-refractivity contribution in [2.45, 2.75) is 64.8 Å². The molecule has 1 aromatic heterocycles. The Balaban J connectivity index is 1.70. The quantitative estimate of drug-likeness (QED) is 0.356. The van der Waals surface area contributed by atoms with E-state index in [0.717, 1.165) is 33.8 Å². The predicted molar refractivity (Wildman–Crippen MR) is 128 cm³/mol. The van der Waals surface area contributed by atoms with Crippen molar-refractivity contribution in [1.29, 1.82) is 0 Å². The second-order valence-corrected chi connectivity index (χ2v) is 10.0. The Morgan fingerprint density at radius 1 is 1.09 bits per heavy atom. The molecule has 34 heavy (non-hydrogen) atoms. The molecule has 1 atom stereocenters. The van der Waals surface area contributed by atoms with E-state index in [0.29, 0.717) is 35.6 Å². The van der Waals surface area contributed by atoms with E-state index in [9.17, 15) is 23.4 Å². The fraction of sp³-hybridized carbons (Fsp3) is 0.423. The molecule has 0 aliphatic rings. The summed E-state index contributed by atoms with van der Waals surface area (Å²) in [6.45, 7) is 7.37. The summed E-state index contributed by atoms with van der Waals surface area (Å²) in [5, 5.41) is 20.9. The van der Waals surface area contributed by atoms with E-state index in [2.05, 4.69) is 4.98 Å². The topological polar surface area (TPSA) is 62.6 Å². The summed E-state index contributed by atoms with van der Waals surface area (Å²) in [6, 6.07) is 10.6. The molecule has 4 nitrogen and oxygen atoms in total. The van der Waals surface area contributed by atoms with Crippen molar-refractivity contribution >= 4 is 11.3 Å². The van der Waals surface area contributed by atoms with Gasteiger partial charge in [0.25, 0.3) is 0 Å². The van der Waals surface area contributed by atoms with Crippen molar-refractivity contribution in [3.05, 3.63) is 69.7 Å². The van der Waals surface area contributed by atoms with Crippen molar-refractivity contribution in [2.24, 2.45) is 0 Å². The third-order valence-corrected chi connectivity index (χ3v) is 6.77. The third kappa shape index (κ3) is 6.37. The number of hydrogen-bond donors (Lipinski definition) is 2. The number of ether oxygens (including phenoxy) is 1. The van der Waals surface area contributed by atoms with Gasteiger partial charge in [-0.1, -0.05) is 25.1 Å². The summed E-state index contributed by atoms with van der Waals surface area (Å²) in [6.07, 6.45) is -3.25. The van der Waals surface area contributed by atoms with Gasteiger partial charge in [-0.3, -0.25) is 0 Å². The van der Waals surface area contributed by atoms with Crippen LogP contribution in [0.2, 0.25) is 0 Å². The lowest BCUT2D eigenvalue weighted by Gasteiger charge is -2.25. The van der Waals surface area contributed by atoms with Gasteiger partial charge in [-0.25, -0.2) is 4.98 Å². The molecule has 3 rings (SSSR count). The Kier molecular flexibility index (Phi) is 8.06. The SMILES string of the molecule is CCc1nc(-c2ccc(C(F)(F)F)cc2)sc1CCC(O)c1ccc(OC(C)(C)CO)c(C)c1. The zero-order valence-electron chi connectivity index (χ0n) is 19.7. The van der Waals surface area contributed by atoms with Gasteiger partial charge in [0.1, 0.15) is 16.4 Å². The summed E-state index contributed by atoms with van der Waals surface area (Å²) in [4.78, 5) is 5.65. The monoisotopic (exact) mass is 493 g/mol. The summed E-state index contributed by atoms with van der Waals surface area (Å²) < 4.78 is 44.4. The zero-order chi connectivity index (χ0) is 25.1. The van der Waals surface area contributed by atoms with Crippen molar-refractivity contribution in [1.82, 2.24) is 4.98 Å². The van der Waals surface area contributed by atoms with E-state index in [1.807, 2.05) is 26.0 Å². The molecule has 0 radical (unpaired) electrons. The molecule has 3 aromatic rings. The van der Waals surface area contributed by atoms with Crippen LogP contribution in [-0.4, -0.2) is 27.4 Å². The van der Waals surface area contributed by atoms with Crippen LogP contribution in [0.5, 0.6) is 5.75 Å². The Bertz CT molecular complexity index is 1110. The second-order valence-electron chi connectivity index (χ2n) is 8.92. The predicted octanol–water partition coefficient (Wildman–Crippen LogP) is 6.52. The van der Waals surface area contributed by atoms with Gasteiger partial charge in [-0.05, 0) is 75.4 Å². The Labute approximate surface area is 202 Å². The zero-order valence-corrected chi connectivity index (χ0v) is 20.6. The maximum atomic E-state index is 12.8. The Morgan fingerprint density at radius 2 is 1.76 bits per heavy atom. The van der Waals surface area contributed by atoms with Crippen LogP contribution in [0.4, 0.5) is 13.2 Å². The Hall–Kier alpha value is -2.42. The summed E-state index contributed by atoms with van der Waals surface area (Å²) in [7, 11) is 0. The van der Waals surface area contributed by atoms with Gasteiger partial charge in [-0.2, -0.15) is 13.2 Å². The number of nitrogens with zero attached hydrogens (tertiary/aromatic N) is 1. The van der Waals surface area contributed by atoms with Gasteiger partial charge >= 0.3 is 6.18 Å². The number of thiazole rings is 1. The van der Waals surface area contributed by atoms with E-state index in [-0.39, 0.29) is 6.61 Å². The number of aliphatic hydroxyl groups excluding tert-OH is 2. The van der Waals surface area contributed by atoms with Crippen LogP contribution in [0.15, 0.2) is 42.5 Å². The van der Waals surface area contributed by atoms with Crippen molar-refractivity contribution in [3.63, 3.8) is 0 Å². The van der Waals surface area contributed by atoms with Crippen LogP contribution in [-0.2, 0) is 19.0 Å². The molecular formula is C26H30F3NO3S. The van der Waals surface area contributed by atoms with Gasteiger partial charge < -0.3 is 14.9 Å². The van der Waals surface area contributed by atoms with Crippen LogP contribution in [0, 0.1) is 6.92 Å². The fourth-order valence-electron chi connectivity index (χ4n) is 3.54. The molecule has 1 unspecified atom stereocenters. The van der Waals surface area contributed by atoms with Crippen LogP contribution in [0.25, 0.3) is 10.6 Å². The molecule has 2 aromatic carbocycles. The van der Waals surface area contributed by atoms with Gasteiger partial charge in [0, 0.05) is 10.4 Å². The van der Waals surface area contributed by atoms with Crippen molar-refractivity contribution in [2.75, 3.05) is 6.61 Å². The van der Waals surface area contributed by atoms with Gasteiger partial charge in [0.15, 0.2) is 0 Å².